The summed E-state index contributed by atoms with van der Waals surface area (Å²) in [6.45, 7) is 0.894. The van der Waals surface area contributed by atoms with Gasteiger partial charge in [0.2, 0.25) is 18.2 Å². The molecule has 3 heteroatoms. The first-order valence-electron chi connectivity index (χ1n) is 3.95. The number of hydrogen-bond acceptors (Lipinski definition) is 1. The van der Waals surface area contributed by atoms with Crippen molar-refractivity contribution >= 4 is 0 Å². The fraction of sp³-hybridized carbons (Fsp3) is 0.111. The van der Waals surface area contributed by atoms with Crippen LogP contribution in [-0.2, 0) is 6.67 Å². The normalized spacial score (nSPS) is 12.7. The number of hydrogen-bond donors (Lipinski definition) is 0. The Balaban J connectivity index is 2.34. The largest absolute Gasteiger partial charge is 0.269 e. The van der Waals surface area contributed by atoms with Gasteiger partial charge in [-0.15, -0.1) is 0 Å². The lowest BCUT2D eigenvalue weighted by atomic mass is 10.3. The van der Waals surface area contributed by atoms with Crippen LogP contribution < -0.4 is 4.57 Å². The van der Waals surface area contributed by atoms with E-state index in [-0.39, 0.29) is 0 Å². The molecular weight excluding hydrogens is 150 g/mol. The number of nitrogens with zero attached hydrogens (tertiary/aromatic N) is 3. The summed E-state index contributed by atoms with van der Waals surface area (Å²) in [4.78, 5) is 4.28. The smallest absolute Gasteiger partial charge is 0.250 e. The number of imidazole rings is 1. The van der Waals surface area contributed by atoms with Gasteiger partial charge in [0.15, 0.2) is 6.20 Å². The van der Waals surface area contributed by atoms with Gasteiger partial charge in [-0.25, -0.2) is 4.98 Å². The van der Waals surface area contributed by atoms with Crippen molar-refractivity contribution in [1.29, 1.82) is 0 Å². The lowest BCUT2D eigenvalue weighted by Gasteiger charge is -1.87. The second kappa shape index (κ2) is 1.94. The minimum Gasteiger partial charge on any atom is -0.269 e. The van der Waals surface area contributed by atoms with Gasteiger partial charge in [-0.3, -0.25) is 4.57 Å². The Bertz CT molecular complexity index is 431. The van der Waals surface area contributed by atoms with Crippen LogP contribution in [0, 0.1) is 0 Å². The highest BCUT2D eigenvalue weighted by molar-refractivity contribution is 5.46. The van der Waals surface area contributed by atoms with Crippen molar-refractivity contribution in [2.24, 2.45) is 0 Å². The molecule has 0 atom stereocenters. The van der Waals surface area contributed by atoms with Crippen LogP contribution in [0.4, 0.5) is 0 Å². The molecule has 2 aromatic heterocycles. The predicted octanol–water partition coefficient (Wildman–Crippen LogP) is 0.657. The molecule has 58 valence electrons. The van der Waals surface area contributed by atoms with Crippen molar-refractivity contribution in [3.05, 3.63) is 36.8 Å². The molecule has 3 rings (SSSR count). The van der Waals surface area contributed by atoms with Gasteiger partial charge in [0.1, 0.15) is 0 Å². The zero-order chi connectivity index (χ0) is 7.97. The highest BCUT2D eigenvalue weighted by atomic mass is 15.3. The first-order valence-corrected chi connectivity index (χ1v) is 3.95. The predicted molar refractivity (Wildman–Crippen MR) is 43.3 cm³/mol. The molecule has 0 aromatic carbocycles. The second-order valence-electron chi connectivity index (χ2n) is 2.92. The van der Waals surface area contributed by atoms with E-state index in [0.717, 1.165) is 12.5 Å². The van der Waals surface area contributed by atoms with E-state index in [4.69, 9.17) is 0 Å². The van der Waals surface area contributed by atoms with Gasteiger partial charge < -0.3 is 0 Å². The first-order chi connectivity index (χ1) is 5.95. The van der Waals surface area contributed by atoms with Gasteiger partial charge in [-0.2, -0.15) is 4.57 Å². The molecule has 1 aliphatic heterocycles. The molecule has 1 aliphatic rings. The average Bonchev–Trinajstić information content (AvgIpc) is 2.62. The van der Waals surface area contributed by atoms with Gasteiger partial charge in [0.05, 0.1) is 0 Å². The van der Waals surface area contributed by atoms with E-state index in [2.05, 4.69) is 26.4 Å². The van der Waals surface area contributed by atoms with Crippen molar-refractivity contribution in [3.8, 4) is 11.5 Å². The second-order valence-corrected chi connectivity index (χ2v) is 2.92. The minimum absolute atomic E-state index is 0.894. The van der Waals surface area contributed by atoms with Gasteiger partial charge in [-0.1, -0.05) is 0 Å². The molecular formula is C9H8N3+. The zero-order valence-electron chi connectivity index (χ0n) is 6.51. The topological polar surface area (TPSA) is 21.7 Å². The third-order valence-electron chi connectivity index (χ3n) is 2.19. The molecule has 0 bridgehead atoms. The van der Waals surface area contributed by atoms with Crippen LogP contribution in [0.15, 0.2) is 36.8 Å². The summed E-state index contributed by atoms with van der Waals surface area (Å²) in [6.07, 6.45) is 5.91. The van der Waals surface area contributed by atoms with E-state index in [0.29, 0.717) is 0 Å². The summed E-state index contributed by atoms with van der Waals surface area (Å²) in [7, 11) is 0. The zero-order valence-corrected chi connectivity index (χ0v) is 6.51. The van der Waals surface area contributed by atoms with E-state index in [1.807, 2.05) is 24.5 Å². The van der Waals surface area contributed by atoms with Gasteiger partial charge in [0.25, 0.3) is 0 Å². The molecule has 0 fully saturated rings. The molecule has 0 amide bonds. The Morgan fingerprint density at radius 3 is 3.42 bits per heavy atom. The van der Waals surface area contributed by atoms with Crippen LogP contribution in [0.3, 0.4) is 0 Å². The molecule has 2 aromatic rings. The van der Waals surface area contributed by atoms with Crippen LogP contribution in [-0.4, -0.2) is 9.55 Å². The summed E-state index contributed by atoms with van der Waals surface area (Å²) in [5, 5.41) is 0. The summed E-state index contributed by atoms with van der Waals surface area (Å²) in [5.41, 5.74) is 1.20. The number of fused-ring (bicyclic) bond motifs is 3. The average molecular weight is 158 g/mol. The van der Waals surface area contributed by atoms with Crippen molar-refractivity contribution in [3.63, 3.8) is 0 Å². The summed E-state index contributed by atoms with van der Waals surface area (Å²) >= 11 is 0. The molecule has 0 radical (unpaired) electrons. The Morgan fingerprint density at radius 1 is 1.42 bits per heavy atom. The SMILES string of the molecule is c1cc[n+]2c(c1)-c1nccn1C2. The van der Waals surface area contributed by atoms with E-state index in [1.54, 1.807) is 0 Å². The molecule has 0 N–H and O–H groups in total. The third-order valence-corrected chi connectivity index (χ3v) is 2.19. The standard InChI is InChI=1S/C9H8N3/c1-2-5-11-7-12-6-4-10-9(12)8(11)3-1/h1-6H,7H2/q+1. The van der Waals surface area contributed by atoms with Crippen molar-refractivity contribution in [2.45, 2.75) is 6.67 Å². The quantitative estimate of drug-likeness (QED) is 0.440. The highest BCUT2D eigenvalue weighted by Crippen LogP contribution is 2.16. The summed E-state index contributed by atoms with van der Waals surface area (Å²) in [5.74, 6) is 1.07. The summed E-state index contributed by atoms with van der Waals surface area (Å²) < 4.78 is 4.32. The molecule has 0 saturated carbocycles. The Hall–Kier alpha value is -1.64. The van der Waals surface area contributed by atoms with Crippen molar-refractivity contribution < 1.29 is 4.57 Å². The van der Waals surface area contributed by atoms with Gasteiger partial charge in [0, 0.05) is 24.5 Å². The summed E-state index contributed by atoms with van der Waals surface area (Å²) in [6, 6.07) is 6.16. The highest BCUT2D eigenvalue weighted by Gasteiger charge is 2.24. The van der Waals surface area contributed by atoms with Crippen LogP contribution in [0.2, 0.25) is 0 Å². The fourth-order valence-corrected chi connectivity index (χ4v) is 1.62. The van der Waals surface area contributed by atoms with Crippen LogP contribution in [0.5, 0.6) is 0 Å². The minimum atomic E-state index is 0.894. The molecule has 0 aliphatic carbocycles. The molecule has 0 saturated heterocycles. The lowest BCUT2D eigenvalue weighted by Crippen LogP contribution is -2.33. The Kier molecular flexibility index (Phi) is 0.961. The van der Waals surface area contributed by atoms with Crippen LogP contribution in [0.1, 0.15) is 0 Å². The first kappa shape index (κ1) is 5.94. The van der Waals surface area contributed by atoms with Crippen LogP contribution >= 0.6 is 0 Å². The van der Waals surface area contributed by atoms with Crippen molar-refractivity contribution in [2.75, 3.05) is 0 Å². The molecule has 0 spiro atoms. The van der Waals surface area contributed by atoms with Crippen LogP contribution in [0.25, 0.3) is 11.5 Å². The maximum absolute atomic E-state index is 4.28. The lowest BCUT2D eigenvalue weighted by molar-refractivity contribution is -0.682. The molecule has 12 heavy (non-hydrogen) atoms. The Labute approximate surface area is 69.9 Å². The van der Waals surface area contributed by atoms with E-state index >= 15 is 0 Å². The maximum atomic E-state index is 4.28. The number of aromatic nitrogens is 3. The van der Waals surface area contributed by atoms with E-state index < -0.39 is 0 Å². The maximum Gasteiger partial charge on any atom is 0.250 e. The van der Waals surface area contributed by atoms with Gasteiger partial charge in [-0.05, 0) is 6.07 Å². The third kappa shape index (κ3) is 0.605. The van der Waals surface area contributed by atoms with Crippen molar-refractivity contribution in [1.82, 2.24) is 9.55 Å². The molecule has 0 unspecified atom stereocenters. The Morgan fingerprint density at radius 2 is 2.42 bits per heavy atom. The van der Waals surface area contributed by atoms with E-state index in [9.17, 15) is 0 Å². The monoisotopic (exact) mass is 158 g/mol. The molecule has 3 nitrogen and oxygen atoms in total. The van der Waals surface area contributed by atoms with Gasteiger partial charge >= 0.3 is 0 Å². The fourth-order valence-electron chi connectivity index (χ4n) is 1.62. The number of pyridine rings is 1. The number of rotatable bonds is 0. The molecule has 3 heterocycles. The van der Waals surface area contributed by atoms with E-state index in [1.165, 1.54) is 5.69 Å².